The zero-order valence-corrected chi connectivity index (χ0v) is 22.7. The summed E-state index contributed by atoms with van der Waals surface area (Å²) in [4.78, 5) is 37.3. The Morgan fingerprint density at radius 1 is 1.11 bits per heavy atom. The Morgan fingerprint density at radius 2 is 1.81 bits per heavy atom. The number of hydrogen-bond acceptors (Lipinski definition) is 8. The first kappa shape index (κ1) is 26.8. The average Bonchev–Trinajstić information content (AvgIpc) is 2.83. The molecule has 2 saturated carbocycles. The fourth-order valence-corrected chi connectivity index (χ4v) is 6.63. The molecule has 200 valence electrons. The number of Topliss-reactive ketones (excluding diaryl/α,β-unsaturated/α-hetero) is 1. The number of ether oxygens (including phenoxy) is 4. The van der Waals surface area contributed by atoms with Gasteiger partial charge in [-0.05, 0) is 42.2 Å². The Hall–Kier alpha value is -3.29. The standard InChI is InChI=1S/C29H36O8/c1-16-11-12-29(6)27(3,4)26(32)21(36-17(2)30)14-28(29,5)19(16)15-35-24-20(33-7)13-18-9-10-22(31)37-23(18)25(24)34-8/h9-10,13,19,21H,1,11-12,14-15H2,2-8H3. The SMILES string of the molecule is C=C1CCC2(C)C(C)(C)C(=O)C(OC(C)=O)CC2(C)C1COc1c(OC)cc2ccc(=O)oc2c1OC. The number of carbonyl (C=O) groups excluding carboxylic acids is 2. The maximum atomic E-state index is 13.5. The zero-order chi connectivity index (χ0) is 27.3. The van der Waals surface area contributed by atoms with Crippen LogP contribution < -0.4 is 19.8 Å². The van der Waals surface area contributed by atoms with Crippen LogP contribution in [0.2, 0.25) is 0 Å². The van der Waals surface area contributed by atoms with Crippen molar-refractivity contribution < 1.29 is 33.0 Å². The lowest BCUT2D eigenvalue weighted by Crippen LogP contribution is -2.65. The summed E-state index contributed by atoms with van der Waals surface area (Å²) in [5.74, 6) is 0.323. The van der Waals surface area contributed by atoms with Crippen LogP contribution in [0.4, 0.5) is 0 Å². The lowest BCUT2D eigenvalue weighted by molar-refractivity contribution is -0.195. The van der Waals surface area contributed by atoms with Crippen LogP contribution in [-0.4, -0.2) is 38.7 Å². The summed E-state index contributed by atoms with van der Waals surface area (Å²) >= 11 is 0. The van der Waals surface area contributed by atoms with E-state index in [-0.39, 0.29) is 29.6 Å². The number of rotatable bonds is 6. The highest BCUT2D eigenvalue weighted by Gasteiger charge is 2.66. The molecule has 0 amide bonds. The Balaban J connectivity index is 1.77. The van der Waals surface area contributed by atoms with E-state index in [1.165, 1.54) is 27.2 Å². The molecule has 0 bridgehead atoms. The molecule has 0 aliphatic heterocycles. The molecule has 1 heterocycles. The van der Waals surface area contributed by atoms with Crippen LogP contribution in [0.1, 0.15) is 53.9 Å². The van der Waals surface area contributed by atoms with Crippen molar-refractivity contribution in [3.63, 3.8) is 0 Å². The van der Waals surface area contributed by atoms with Crippen LogP contribution in [0.5, 0.6) is 17.2 Å². The van der Waals surface area contributed by atoms with Crippen LogP contribution in [0.3, 0.4) is 0 Å². The summed E-state index contributed by atoms with van der Waals surface area (Å²) in [5.41, 5.74) is -0.824. The Bertz CT molecular complexity index is 1320. The maximum Gasteiger partial charge on any atom is 0.336 e. The van der Waals surface area contributed by atoms with Crippen molar-refractivity contribution in [2.24, 2.45) is 22.2 Å². The molecule has 8 nitrogen and oxygen atoms in total. The van der Waals surface area contributed by atoms with E-state index in [2.05, 4.69) is 20.4 Å². The second-order valence-electron chi connectivity index (χ2n) is 11.2. The van der Waals surface area contributed by atoms with E-state index in [1.807, 2.05) is 13.8 Å². The molecule has 4 atom stereocenters. The molecule has 0 N–H and O–H groups in total. The molecule has 0 spiro atoms. The molecule has 0 radical (unpaired) electrons. The van der Waals surface area contributed by atoms with E-state index < -0.39 is 33.9 Å². The lowest BCUT2D eigenvalue weighted by Gasteiger charge is -2.64. The van der Waals surface area contributed by atoms with Gasteiger partial charge in [0.15, 0.2) is 23.2 Å². The molecule has 4 unspecified atom stereocenters. The second kappa shape index (κ2) is 9.23. The molecule has 1 aromatic carbocycles. The highest BCUT2D eigenvalue weighted by Crippen LogP contribution is 2.67. The fourth-order valence-electron chi connectivity index (χ4n) is 6.63. The van der Waals surface area contributed by atoms with Gasteiger partial charge in [0, 0.05) is 29.7 Å². The normalized spacial score (nSPS) is 28.9. The van der Waals surface area contributed by atoms with Crippen molar-refractivity contribution in [1.29, 1.82) is 0 Å². The highest BCUT2D eigenvalue weighted by molar-refractivity contribution is 5.92. The van der Waals surface area contributed by atoms with Gasteiger partial charge in [0.05, 0.1) is 20.8 Å². The smallest absolute Gasteiger partial charge is 0.336 e. The van der Waals surface area contributed by atoms with Crippen LogP contribution in [0.15, 0.2) is 39.6 Å². The molecule has 4 rings (SSSR count). The lowest BCUT2D eigenvalue weighted by atomic mass is 9.39. The quantitative estimate of drug-likeness (QED) is 0.299. The Morgan fingerprint density at radius 3 is 2.43 bits per heavy atom. The summed E-state index contributed by atoms with van der Waals surface area (Å²) in [6.45, 7) is 14.1. The first-order valence-electron chi connectivity index (χ1n) is 12.5. The number of fused-ring (bicyclic) bond motifs is 2. The van der Waals surface area contributed by atoms with Crippen molar-refractivity contribution in [2.75, 3.05) is 20.8 Å². The van der Waals surface area contributed by atoms with Gasteiger partial charge in [-0.25, -0.2) is 4.79 Å². The monoisotopic (exact) mass is 512 g/mol. The summed E-state index contributed by atoms with van der Waals surface area (Å²) in [6.07, 6.45) is 1.07. The van der Waals surface area contributed by atoms with E-state index in [9.17, 15) is 14.4 Å². The topological polar surface area (TPSA) is 101 Å². The van der Waals surface area contributed by atoms with Gasteiger partial charge < -0.3 is 23.4 Å². The van der Waals surface area contributed by atoms with E-state index in [0.29, 0.717) is 23.3 Å². The molecule has 2 aromatic rings. The number of esters is 1. The number of hydrogen-bond donors (Lipinski definition) is 0. The predicted molar refractivity (Wildman–Crippen MR) is 138 cm³/mol. The average molecular weight is 513 g/mol. The van der Waals surface area contributed by atoms with Gasteiger partial charge in [-0.3, -0.25) is 9.59 Å². The Labute approximate surface area is 216 Å². The molecule has 1 aromatic heterocycles. The second-order valence-corrected chi connectivity index (χ2v) is 11.2. The minimum absolute atomic E-state index is 0.0530. The van der Waals surface area contributed by atoms with Crippen LogP contribution in [0.25, 0.3) is 11.0 Å². The molecule has 37 heavy (non-hydrogen) atoms. The minimum atomic E-state index is -0.835. The van der Waals surface area contributed by atoms with Gasteiger partial charge in [0.2, 0.25) is 11.5 Å². The van der Waals surface area contributed by atoms with Gasteiger partial charge >= 0.3 is 11.6 Å². The van der Waals surface area contributed by atoms with E-state index in [1.54, 1.807) is 12.1 Å². The third-order valence-electron chi connectivity index (χ3n) is 9.28. The number of ketones is 1. The maximum absolute atomic E-state index is 13.5. The molecule has 2 fully saturated rings. The van der Waals surface area contributed by atoms with Crippen LogP contribution in [-0.2, 0) is 14.3 Å². The van der Waals surface area contributed by atoms with Crippen molar-refractivity contribution in [3.8, 4) is 17.2 Å². The third-order valence-corrected chi connectivity index (χ3v) is 9.28. The number of carbonyl (C=O) groups is 2. The van der Waals surface area contributed by atoms with E-state index in [4.69, 9.17) is 23.4 Å². The van der Waals surface area contributed by atoms with Crippen molar-refractivity contribution in [1.82, 2.24) is 0 Å². The highest BCUT2D eigenvalue weighted by atomic mass is 16.5. The summed E-state index contributed by atoms with van der Waals surface area (Å²) in [5, 5.41) is 0.638. The van der Waals surface area contributed by atoms with Crippen LogP contribution >= 0.6 is 0 Å². The molecule has 2 aliphatic rings. The van der Waals surface area contributed by atoms with Crippen molar-refractivity contribution >= 4 is 22.7 Å². The fraction of sp³-hybridized carbons (Fsp3) is 0.552. The molecular formula is C29H36O8. The Kier molecular flexibility index (Phi) is 6.67. The van der Waals surface area contributed by atoms with Crippen molar-refractivity contribution in [2.45, 2.75) is 60.0 Å². The molecule has 8 heteroatoms. The van der Waals surface area contributed by atoms with Crippen molar-refractivity contribution in [3.05, 3.63) is 40.8 Å². The molecule has 2 aliphatic carbocycles. The van der Waals surface area contributed by atoms with Gasteiger partial charge in [-0.15, -0.1) is 0 Å². The minimum Gasteiger partial charge on any atom is -0.493 e. The summed E-state index contributed by atoms with van der Waals surface area (Å²) < 4.78 is 28.6. The largest absolute Gasteiger partial charge is 0.493 e. The number of benzene rings is 1. The molecule has 0 saturated heterocycles. The van der Waals surface area contributed by atoms with E-state index in [0.717, 1.165) is 18.4 Å². The summed E-state index contributed by atoms with van der Waals surface area (Å²) in [7, 11) is 3.01. The first-order valence-corrected chi connectivity index (χ1v) is 12.5. The van der Waals surface area contributed by atoms with Gasteiger partial charge in [-0.2, -0.15) is 0 Å². The number of methoxy groups -OCH3 is 2. The molecular weight excluding hydrogens is 476 g/mol. The van der Waals surface area contributed by atoms with Crippen LogP contribution in [0, 0.1) is 22.2 Å². The predicted octanol–water partition coefficient (Wildman–Crippen LogP) is 5.10. The van der Waals surface area contributed by atoms with Gasteiger partial charge in [-0.1, -0.05) is 39.8 Å². The third kappa shape index (κ3) is 4.01. The first-order chi connectivity index (χ1) is 17.3. The zero-order valence-electron chi connectivity index (χ0n) is 22.7. The van der Waals surface area contributed by atoms with E-state index >= 15 is 0 Å². The van der Waals surface area contributed by atoms with Gasteiger partial charge in [0.25, 0.3) is 0 Å². The summed E-state index contributed by atoms with van der Waals surface area (Å²) in [6, 6.07) is 4.71. The van der Waals surface area contributed by atoms with Gasteiger partial charge in [0.1, 0.15) is 0 Å².